The SMILES string of the molecule is O=C(NCC1Cc2ccccc2O1)c1cc(Cl)nnc1Cl. The van der Waals surface area contributed by atoms with E-state index in [0.717, 1.165) is 17.7 Å². The monoisotopic (exact) mass is 323 g/mol. The van der Waals surface area contributed by atoms with Crippen molar-refractivity contribution in [1.29, 1.82) is 0 Å². The maximum Gasteiger partial charge on any atom is 0.254 e. The average molecular weight is 324 g/mol. The Balaban J connectivity index is 1.61. The van der Waals surface area contributed by atoms with Gasteiger partial charge < -0.3 is 10.1 Å². The van der Waals surface area contributed by atoms with Crippen LogP contribution in [0.4, 0.5) is 0 Å². The number of hydrogen-bond acceptors (Lipinski definition) is 4. The molecule has 21 heavy (non-hydrogen) atoms. The molecule has 0 spiro atoms. The van der Waals surface area contributed by atoms with Crippen molar-refractivity contribution in [2.24, 2.45) is 0 Å². The van der Waals surface area contributed by atoms with Gasteiger partial charge in [-0.1, -0.05) is 41.4 Å². The summed E-state index contributed by atoms with van der Waals surface area (Å²) in [4.78, 5) is 12.1. The van der Waals surface area contributed by atoms with Crippen molar-refractivity contribution in [2.45, 2.75) is 12.5 Å². The van der Waals surface area contributed by atoms with Crippen LogP contribution >= 0.6 is 23.2 Å². The lowest BCUT2D eigenvalue weighted by Gasteiger charge is -2.12. The second-order valence-electron chi connectivity index (χ2n) is 4.63. The number of amides is 1. The summed E-state index contributed by atoms with van der Waals surface area (Å²) in [7, 11) is 0. The van der Waals surface area contributed by atoms with Crippen molar-refractivity contribution >= 4 is 29.1 Å². The third-order valence-electron chi connectivity index (χ3n) is 3.17. The van der Waals surface area contributed by atoms with Gasteiger partial charge in [0.2, 0.25) is 0 Å². The molecule has 2 heterocycles. The first-order valence-electron chi connectivity index (χ1n) is 6.35. The second kappa shape index (κ2) is 5.87. The normalized spacial score (nSPS) is 16.2. The summed E-state index contributed by atoms with van der Waals surface area (Å²) in [6.45, 7) is 0.379. The van der Waals surface area contributed by atoms with Crippen LogP contribution in [0.2, 0.25) is 10.3 Å². The number of nitrogens with zero attached hydrogens (tertiary/aromatic N) is 2. The summed E-state index contributed by atoms with van der Waals surface area (Å²) in [5.41, 5.74) is 1.34. The van der Waals surface area contributed by atoms with Gasteiger partial charge in [-0.25, -0.2) is 0 Å². The van der Waals surface area contributed by atoms with Gasteiger partial charge in [0.15, 0.2) is 10.3 Å². The van der Waals surface area contributed by atoms with Gasteiger partial charge in [-0.15, -0.1) is 10.2 Å². The molecule has 7 heteroatoms. The Morgan fingerprint density at radius 3 is 2.95 bits per heavy atom. The van der Waals surface area contributed by atoms with E-state index in [0.29, 0.717) is 6.54 Å². The first-order valence-corrected chi connectivity index (χ1v) is 7.10. The van der Waals surface area contributed by atoms with E-state index in [4.69, 9.17) is 27.9 Å². The Morgan fingerprint density at radius 2 is 2.14 bits per heavy atom. The number of ether oxygens (including phenoxy) is 1. The fraction of sp³-hybridized carbons (Fsp3) is 0.214. The summed E-state index contributed by atoms with van der Waals surface area (Å²) >= 11 is 11.5. The van der Waals surface area contributed by atoms with Gasteiger partial charge in [0.1, 0.15) is 11.9 Å². The first-order chi connectivity index (χ1) is 10.1. The standard InChI is InChI=1S/C14H11Cl2N3O2/c15-12-6-10(13(16)19-18-12)14(20)17-7-9-5-8-3-1-2-4-11(8)21-9/h1-4,6,9H,5,7H2,(H,17,20). The predicted octanol–water partition coefficient (Wildman–Crippen LogP) is 2.52. The zero-order chi connectivity index (χ0) is 14.8. The molecule has 1 aliphatic heterocycles. The van der Waals surface area contributed by atoms with Crippen LogP contribution in [0, 0.1) is 0 Å². The van der Waals surface area contributed by atoms with Gasteiger partial charge in [0.05, 0.1) is 12.1 Å². The molecule has 0 saturated carbocycles. The highest BCUT2D eigenvalue weighted by Gasteiger charge is 2.23. The number of carbonyl (C=O) groups excluding carboxylic acids is 1. The maximum absolute atomic E-state index is 12.1. The highest BCUT2D eigenvalue weighted by molar-refractivity contribution is 6.34. The number of para-hydroxylation sites is 1. The molecular weight excluding hydrogens is 313 g/mol. The van der Waals surface area contributed by atoms with E-state index in [2.05, 4.69) is 15.5 Å². The van der Waals surface area contributed by atoms with E-state index < -0.39 is 0 Å². The fourth-order valence-electron chi connectivity index (χ4n) is 2.18. The van der Waals surface area contributed by atoms with Gasteiger partial charge in [-0.05, 0) is 17.7 Å². The Kier molecular flexibility index (Phi) is 3.94. The number of benzene rings is 1. The van der Waals surface area contributed by atoms with Crippen molar-refractivity contribution in [2.75, 3.05) is 6.54 Å². The summed E-state index contributed by atoms with van der Waals surface area (Å²) in [6.07, 6.45) is 0.676. The van der Waals surface area contributed by atoms with Crippen LogP contribution in [0.3, 0.4) is 0 Å². The van der Waals surface area contributed by atoms with Gasteiger partial charge in [-0.2, -0.15) is 0 Å². The first kappa shape index (κ1) is 14.1. The van der Waals surface area contributed by atoms with Crippen molar-refractivity contribution in [3.05, 3.63) is 51.8 Å². The molecular formula is C14H11Cl2N3O2. The summed E-state index contributed by atoms with van der Waals surface area (Å²) in [6, 6.07) is 9.20. The molecule has 3 rings (SSSR count). The lowest BCUT2D eigenvalue weighted by molar-refractivity contribution is 0.0933. The third-order valence-corrected chi connectivity index (χ3v) is 3.63. The largest absolute Gasteiger partial charge is 0.488 e. The minimum Gasteiger partial charge on any atom is -0.488 e. The molecule has 1 amide bonds. The molecule has 1 atom stereocenters. The van der Waals surface area contributed by atoms with E-state index in [1.807, 2.05) is 24.3 Å². The quantitative estimate of drug-likeness (QED) is 0.942. The topological polar surface area (TPSA) is 64.1 Å². The molecule has 0 radical (unpaired) electrons. The molecule has 1 aliphatic rings. The highest BCUT2D eigenvalue weighted by atomic mass is 35.5. The van der Waals surface area contributed by atoms with Crippen molar-refractivity contribution in [3.8, 4) is 5.75 Å². The molecule has 0 saturated heterocycles. The second-order valence-corrected chi connectivity index (χ2v) is 5.38. The van der Waals surface area contributed by atoms with Crippen LogP contribution in [-0.2, 0) is 6.42 Å². The van der Waals surface area contributed by atoms with Crippen molar-refractivity contribution < 1.29 is 9.53 Å². The van der Waals surface area contributed by atoms with E-state index >= 15 is 0 Å². The molecule has 0 bridgehead atoms. The van der Waals surface area contributed by atoms with Crippen LogP contribution in [0.5, 0.6) is 5.75 Å². The van der Waals surface area contributed by atoms with Crippen molar-refractivity contribution in [3.63, 3.8) is 0 Å². The molecule has 0 fully saturated rings. The van der Waals surface area contributed by atoms with E-state index in [-0.39, 0.29) is 27.9 Å². The Hall–Kier alpha value is -1.85. The molecule has 108 valence electrons. The lowest BCUT2D eigenvalue weighted by atomic mass is 10.1. The minimum absolute atomic E-state index is 0.0209. The van der Waals surface area contributed by atoms with Crippen molar-refractivity contribution in [1.82, 2.24) is 15.5 Å². The summed E-state index contributed by atoms with van der Waals surface area (Å²) in [5.74, 6) is 0.514. The van der Waals surface area contributed by atoms with Crippen LogP contribution < -0.4 is 10.1 Å². The zero-order valence-electron chi connectivity index (χ0n) is 10.8. The number of fused-ring (bicyclic) bond motifs is 1. The Bertz CT molecular complexity index is 669. The van der Waals surface area contributed by atoms with Crippen LogP contribution in [0.15, 0.2) is 30.3 Å². The maximum atomic E-state index is 12.1. The number of carbonyl (C=O) groups is 1. The molecule has 1 N–H and O–H groups in total. The third kappa shape index (κ3) is 3.09. The molecule has 1 aromatic heterocycles. The van der Waals surface area contributed by atoms with Gasteiger partial charge in [0.25, 0.3) is 5.91 Å². The van der Waals surface area contributed by atoms with Crippen LogP contribution in [0.1, 0.15) is 15.9 Å². The van der Waals surface area contributed by atoms with Crippen LogP contribution in [0.25, 0.3) is 0 Å². The highest BCUT2D eigenvalue weighted by Crippen LogP contribution is 2.27. The number of nitrogens with one attached hydrogen (secondary N) is 1. The average Bonchev–Trinajstić information content (AvgIpc) is 2.90. The van der Waals surface area contributed by atoms with E-state index in [1.54, 1.807) is 0 Å². The molecule has 2 aromatic rings. The van der Waals surface area contributed by atoms with Gasteiger partial charge >= 0.3 is 0 Å². The van der Waals surface area contributed by atoms with Gasteiger partial charge in [-0.3, -0.25) is 4.79 Å². The van der Waals surface area contributed by atoms with Crippen LogP contribution in [-0.4, -0.2) is 28.8 Å². The molecule has 1 aromatic carbocycles. The minimum atomic E-state index is -0.351. The molecule has 0 aliphatic carbocycles. The van der Waals surface area contributed by atoms with Gasteiger partial charge in [0, 0.05) is 6.42 Å². The van der Waals surface area contributed by atoms with E-state index in [9.17, 15) is 4.79 Å². The number of rotatable bonds is 3. The molecule has 1 unspecified atom stereocenters. The predicted molar refractivity (Wildman–Crippen MR) is 78.9 cm³/mol. The summed E-state index contributed by atoms with van der Waals surface area (Å²) < 4.78 is 5.75. The molecule has 5 nitrogen and oxygen atoms in total. The zero-order valence-corrected chi connectivity index (χ0v) is 12.4. The van der Waals surface area contributed by atoms with E-state index in [1.165, 1.54) is 6.07 Å². The number of halogens is 2. The number of hydrogen-bond donors (Lipinski definition) is 1. The fourth-order valence-corrected chi connectivity index (χ4v) is 2.51. The number of aromatic nitrogens is 2. The Morgan fingerprint density at radius 1 is 1.33 bits per heavy atom. The lowest BCUT2D eigenvalue weighted by Crippen LogP contribution is -2.34. The summed E-state index contributed by atoms with van der Waals surface area (Å²) in [5, 5.41) is 10.1. The Labute approximate surface area is 131 Å². The smallest absolute Gasteiger partial charge is 0.254 e.